The first-order chi connectivity index (χ1) is 31.5. The zero-order valence-electron chi connectivity index (χ0n) is 35.8. The van der Waals surface area contributed by atoms with Gasteiger partial charge in [-0.25, -0.2) is 0 Å². The topological polar surface area (TPSA) is 0 Å². The van der Waals surface area contributed by atoms with E-state index in [9.17, 15) is 0 Å². The van der Waals surface area contributed by atoms with Crippen LogP contribution in [0, 0.1) is 0 Å². The molecule has 0 atom stereocenters. The van der Waals surface area contributed by atoms with Crippen LogP contribution in [0.5, 0.6) is 0 Å². The minimum Gasteiger partial charge on any atom is -0.0619 e. The second-order valence-corrected chi connectivity index (χ2v) is 18.7. The van der Waals surface area contributed by atoms with E-state index in [1.54, 1.807) is 0 Å². The summed E-state index contributed by atoms with van der Waals surface area (Å²) in [6, 6.07) is 82.7. The Kier molecular flexibility index (Phi) is 7.20. The van der Waals surface area contributed by atoms with Gasteiger partial charge < -0.3 is 0 Å². The van der Waals surface area contributed by atoms with Crippen molar-refractivity contribution in [2.45, 2.75) is 24.7 Å². The molecule has 298 valence electrons. The van der Waals surface area contributed by atoms with Gasteiger partial charge in [0.2, 0.25) is 0 Å². The van der Waals surface area contributed by atoms with Gasteiger partial charge in [0.25, 0.3) is 0 Å². The van der Waals surface area contributed by atoms with Gasteiger partial charge in [0.05, 0.1) is 5.41 Å². The molecule has 0 N–H and O–H groups in total. The van der Waals surface area contributed by atoms with Crippen molar-refractivity contribution in [1.29, 1.82) is 0 Å². The molecule has 0 fully saturated rings. The maximum absolute atomic E-state index is 2.54. The Balaban J connectivity index is 0.969. The summed E-state index contributed by atoms with van der Waals surface area (Å²) in [6.45, 7) is 4.75. The molecule has 0 nitrogen and oxygen atoms in total. The number of hydrogen-bond acceptors (Lipinski definition) is 0. The molecule has 0 bridgehead atoms. The Bertz CT molecular complexity index is 3700. The van der Waals surface area contributed by atoms with Crippen LogP contribution in [-0.2, 0) is 10.8 Å². The molecule has 0 heteroatoms. The summed E-state index contributed by atoms with van der Waals surface area (Å²) in [5, 5.41) is 7.68. The third kappa shape index (κ3) is 4.57. The fourth-order valence-corrected chi connectivity index (χ4v) is 12.6. The Labute approximate surface area is 373 Å². The van der Waals surface area contributed by atoms with Crippen molar-refractivity contribution < 1.29 is 0 Å². The van der Waals surface area contributed by atoms with Gasteiger partial charge in [-0.3, -0.25) is 0 Å². The predicted molar refractivity (Wildman–Crippen MR) is 269 cm³/mol. The third-order valence-corrected chi connectivity index (χ3v) is 15.3. The van der Waals surface area contributed by atoms with Gasteiger partial charge in [0, 0.05) is 5.41 Å². The largest absolute Gasteiger partial charge is 0.0725 e. The van der Waals surface area contributed by atoms with Crippen molar-refractivity contribution in [3.63, 3.8) is 0 Å². The van der Waals surface area contributed by atoms with Crippen LogP contribution < -0.4 is 0 Å². The molecule has 0 saturated heterocycles. The molecule has 0 heterocycles. The van der Waals surface area contributed by atoms with Crippen molar-refractivity contribution in [2.24, 2.45) is 0 Å². The Morgan fingerprint density at radius 2 is 0.703 bits per heavy atom. The predicted octanol–water partition coefficient (Wildman–Crippen LogP) is 16.8. The molecular formula is C64H42. The van der Waals surface area contributed by atoms with E-state index in [1.165, 1.54) is 132 Å². The highest BCUT2D eigenvalue weighted by Crippen LogP contribution is 2.63. The van der Waals surface area contributed by atoms with Gasteiger partial charge in [-0.1, -0.05) is 214 Å². The summed E-state index contributed by atoms with van der Waals surface area (Å²) in [7, 11) is 0. The molecular weight excluding hydrogens is 769 g/mol. The highest BCUT2D eigenvalue weighted by Gasteiger charge is 2.51. The summed E-state index contributed by atoms with van der Waals surface area (Å²) in [6.07, 6.45) is 0. The van der Waals surface area contributed by atoms with Crippen LogP contribution in [0.3, 0.4) is 0 Å². The number of rotatable bonds is 3. The number of benzene rings is 11. The summed E-state index contributed by atoms with van der Waals surface area (Å²) in [4.78, 5) is 0. The first-order valence-corrected chi connectivity index (χ1v) is 22.7. The van der Waals surface area contributed by atoms with E-state index in [0.717, 1.165) is 0 Å². The summed E-state index contributed by atoms with van der Waals surface area (Å²) in [5.74, 6) is 0. The Morgan fingerprint density at radius 3 is 1.31 bits per heavy atom. The van der Waals surface area contributed by atoms with E-state index in [0.29, 0.717) is 0 Å². The molecule has 11 aromatic rings. The van der Waals surface area contributed by atoms with Crippen molar-refractivity contribution in [1.82, 2.24) is 0 Å². The molecule has 0 amide bonds. The second-order valence-electron chi connectivity index (χ2n) is 18.7. The monoisotopic (exact) mass is 810 g/mol. The maximum atomic E-state index is 2.54. The molecule has 1 spiro atoms. The molecule has 0 unspecified atom stereocenters. The molecule has 0 saturated carbocycles. The lowest BCUT2D eigenvalue weighted by Crippen LogP contribution is -2.25. The molecule has 0 radical (unpaired) electrons. The van der Waals surface area contributed by atoms with E-state index < -0.39 is 5.41 Å². The normalized spacial score (nSPS) is 14.3. The van der Waals surface area contributed by atoms with Gasteiger partial charge >= 0.3 is 0 Å². The van der Waals surface area contributed by atoms with Gasteiger partial charge in [-0.2, -0.15) is 0 Å². The smallest absolute Gasteiger partial charge is 0.0619 e. The summed E-state index contributed by atoms with van der Waals surface area (Å²) in [5.41, 5.74) is 23.3. The summed E-state index contributed by atoms with van der Waals surface area (Å²) >= 11 is 0. The van der Waals surface area contributed by atoms with E-state index in [1.807, 2.05) is 0 Å². The van der Waals surface area contributed by atoms with Crippen LogP contribution in [-0.4, -0.2) is 0 Å². The van der Waals surface area contributed by atoms with Crippen LogP contribution in [0.2, 0.25) is 0 Å². The SMILES string of the molecule is CC1(C)c2ccc(-c3cccc(-c4c5ccccc5c(-c5ccc6c(c5)C5(c7ccccc7-c7ccccc75)c5ccccc5-6)c5ccccc45)c3)cc2-c2c1ccc1ccccc21. The van der Waals surface area contributed by atoms with Gasteiger partial charge in [-0.15, -0.1) is 0 Å². The van der Waals surface area contributed by atoms with Crippen molar-refractivity contribution in [2.75, 3.05) is 0 Å². The minimum atomic E-state index is -0.399. The lowest BCUT2D eigenvalue weighted by Gasteiger charge is -2.30. The van der Waals surface area contributed by atoms with Crippen molar-refractivity contribution >= 4 is 32.3 Å². The molecule has 64 heavy (non-hydrogen) atoms. The highest BCUT2D eigenvalue weighted by atomic mass is 14.5. The zero-order valence-corrected chi connectivity index (χ0v) is 35.8. The van der Waals surface area contributed by atoms with Crippen molar-refractivity contribution in [3.8, 4) is 66.8 Å². The fraction of sp³-hybridized carbons (Fsp3) is 0.0625. The average molecular weight is 811 g/mol. The van der Waals surface area contributed by atoms with Crippen LogP contribution in [0.25, 0.3) is 99.1 Å². The van der Waals surface area contributed by atoms with Crippen LogP contribution in [0.1, 0.15) is 47.2 Å². The van der Waals surface area contributed by atoms with Crippen molar-refractivity contribution in [3.05, 3.63) is 252 Å². The van der Waals surface area contributed by atoms with E-state index in [2.05, 4.69) is 232 Å². The van der Waals surface area contributed by atoms with Gasteiger partial charge in [0.1, 0.15) is 0 Å². The lowest BCUT2D eigenvalue weighted by molar-refractivity contribution is 0.661. The fourth-order valence-electron chi connectivity index (χ4n) is 12.6. The molecule has 3 aliphatic rings. The maximum Gasteiger partial charge on any atom is 0.0725 e. The van der Waals surface area contributed by atoms with Crippen LogP contribution >= 0.6 is 0 Å². The standard InChI is InChI=1S/C64H42/c1-63(2)54-34-32-41(37-53(54)62-44-19-4-3-16-39(44)31-35-58(62)63)40-17-15-18-42(36-40)60-49-23-5-7-25-51(49)61(52-26-8-6-24-50(52)60)43-30-33-48-47-22-11-14-29-57(47)64(59(48)38-43)55-27-12-9-20-45(55)46-21-10-13-28-56(46)64/h3-38H,1-2H3. The quantitative estimate of drug-likeness (QED) is 0.156. The zero-order chi connectivity index (χ0) is 42.3. The highest BCUT2D eigenvalue weighted by molar-refractivity contribution is 6.21. The van der Waals surface area contributed by atoms with Crippen LogP contribution in [0.15, 0.2) is 218 Å². The van der Waals surface area contributed by atoms with E-state index in [-0.39, 0.29) is 5.41 Å². The molecule has 11 aromatic carbocycles. The van der Waals surface area contributed by atoms with Gasteiger partial charge in [-0.05, 0) is 151 Å². The van der Waals surface area contributed by atoms with E-state index in [4.69, 9.17) is 0 Å². The number of fused-ring (bicyclic) bond motifs is 17. The Hall–Kier alpha value is -7.80. The molecule has 3 aliphatic carbocycles. The first-order valence-electron chi connectivity index (χ1n) is 22.7. The molecule has 0 aliphatic heterocycles. The first kappa shape index (κ1) is 35.8. The van der Waals surface area contributed by atoms with Gasteiger partial charge in [0.15, 0.2) is 0 Å². The molecule has 0 aromatic heterocycles. The average Bonchev–Trinajstić information content (AvgIpc) is 3.91. The second kappa shape index (κ2) is 12.9. The molecule has 14 rings (SSSR count). The summed E-state index contributed by atoms with van der Waals surface area (Å²) < 4.78 is 0. The van der Waals surface area contributed by atoms with Crippen LogP contribution in [0.4, 0.5) is 0 Å². The third-order valence-electron chi connectivity index (χ3n) is 15.3. The lowest BCUT2D eigenvalue weighted by atomic mass is 9.70. The number of hydrogen-bond donors (Lipinski definition) is 0. The van der Waals surface area contributed by atoms with E-state index >= 15 is 0 Å². The minimum absolute atomic E-state index is 0.0653. The Morgan fingerprint density at radius 1 is 0.250 bits per heavy atom.